The minimum Gasteiger partial charge on any atom is -0.357 e. The van der Waals surface area contributed by atoms with E-state index in [1.807, 2.05) is 60.7 Å². The van der Waals surface area contributed by atoms with Crippen LogP contribution in [0.15, 0.2) is 60.7 Å². The Kier molecular flexibility index (Phi) is 3.75. The van der Waals surface area contributed by atoms with Gasteiger partial charge in [0.2, 0.25) is 10.0 Å². The van der Waals surface area contributed by atoms with Gasteiger partial charge in [-0.1, -0.05) is 60.7 Å². The molecule has 2 atom stereocenters. The molecule has 4 nitrogen and oxygen atoms in total. The Morgan fingerprint density at radius 1 is 1.04 bits per heavy atom. The van der Waals surface area contributed by atoms with Crippen LogP contribution < -0.4 is 0 Å². The van der Waals surface area contributed by atoms with E-state index in [0.717, 1.165) is 24.0 Å². The molecular formula is C19H21NO3S. The zero-order valence-electron chi connectivity index (χ0n) is 13.6. The Morgan fingerprint density at radius 2 is 1.62 bits per heavy atom. The molecule has 1 aliphatic carbocycles. The average molecular weight is 343 g/mol. The minimum atomic E-state index is -3.34. The predicted molar refractivity (Wildman–Crippen MR) is 92.6 cm³/mol. The fourth-order valence-corrected chi connectivity index (χ4v) is 5.16. The van der Waals surface area contributed by atoms with Gasteiger partial charge in [0.05, 0.1) is 18.9 Å². The highest BCUT2D eigenvalue weighted by atomic mass is 32.2. The van der Waals surface area contributed by atoms with Gasteiger partial charge in [0, 0.05) is 5.41 Å². The van der Waals surface area contributed by atoms with Crippen molar-refractivity contribution in [2.24, 2.45) is 5.41 Å². The van der Waals surface area contributed by atoms with Gasteiger partial charge in [-0.2, -0.15) is 4.31 Å². The van der Waals surface area contributed by atoms with Crippen molar-refractivity contribution in [1.29, 1.82) is 0 Å². The van der Waals surface area contributed by atoms with Gasteiger partial charge < -0.3 is 4.74 Å². The summed E-state index contributed by atoms with van der Waals surface area (Å²) in [6, 6.07) is 19.7. The van der Waals surface area contributed by atoms with E-state index in [2.05, 4.69) is 0 Å². The van der Waals surface area contributed by atoms with Crippen molar-refractivity contribution in [3.05, 3.63) is 71.8 Å². The number of nitrogens with zero attached hydrogens (tertiary/aromatic N) is 1. The molecule has 1 aliphatic heterocycles. The van der Waals surface area contributed by atoms with E-state index in [1.54, 1.807) is 4.31 Å². The molecule has 1 saturated heterocycles. The van der Waals surface area contributed by atoms with Crippen LogP contribution in [-0.2, 0) is 21.4 Å². The van der Waals surface area contributed by atoms with Crippen molar-refractivity contribution < 1.29 is 13.2 Å². The van der Waals surface area contributed by atoms with Crippen molar-refractivity contribution in [2.45, 2.75) is 31.7 Å². The van der Waals surface area contributed by atoms with Crippen molar-refractivity contribution in [1.82, 2.24) is 4.31 Å². The summed E-state index contributed by atoms with van der Waals surface area (Å²) < 4.78 is 32.4. The van der Waals surface area contributed by atoms with E-state index in [4.69, 9.17) is 4.74 Å². The molecule has 0 radical (unpaired) electrons. The van der Waals surface area contributed by atoms with Gasteiger partial charge in [-0.05, 0) is 24.0 Å². The largest absolute Gasteiger partial charge is 0.357 e. The van der Waals surface area contributed by atoms with E-state index in [1.165, 1.54) is 6.26 Å². The van der Waals surface area contributed by atoms with Crippen molar-refractivity contribution in [3.63, 3.8) is 0 Å². The van der Waals surface area contributed by atoms with Gasteiger partial charge in [0.1, 0.15) is 6.23 Å². The van der Waals surface area contributed by atoms with Crippen LogP contribution in [0.3, 0.4) is 0 Å². The predicted octanol–water partition coefficient (Wildman–Crippen LogP) is 3.33. The van der Waals surface area contributed by atoms with Crippen LogP contribution in [0.2, 0.25) is 0 Å². The highest BCUT2D eigenvalue weighted by Crippen LogP contribution is 2.69. The molecule has 126 valence electrons. The topological polar surface area (TPSA) is 46.6 Å². The molecule has 2 aromatic rings. The Hall–Kier alpha value is -1.69. The summed E-state index contributed by atoms with van der Waals surface area (Å²) in [5, 5.41) is 0. The molecule has 24 heavy (non-hydrogen) atoms. The SMILES string of the molecule is CS(=O)(=O)N1[C@@H](c2ccccc2)C2(CC2)[C@H]1OCc1ccccc1. The first kappa shape index (κ1) is 15.8. The Bertz CT molecular complexity index is 816. The zero-order chi connectivity index (χ0) is 16.8. The smallest absolute Gasteiger partial charge is 0.213 e. The van der Waals surface area contributed by atoms with Crippen LogP contribution in [0, 0.1) is 5.41 Å². The van der Waals surface area contributed by atoms with E-state index >= 15 is 0 Å². The average Bonchev–Trinajstić information content (AvgIpc) is 3.37. The lowest BCUT2D eigenvalue weighted by molar-refractivity contribution is -0.184. The molecule has 2 aliphatic rings. The second-order valence-electron chi connectivity index (χ2n) is 6.79. The number of sulfonamides is 1. The zero-order valence-corrected chi connectivity index (χ0v) is 14.4. The lowest BCUT2D eigenvalue weighted by Crippen LogP contribution is -2.62. The molecule has 0 aromatic heterocycles. The summed E-state index contributed by atoms with van der Waals surface area (Å²) >= 11 is 0. The van der Waals surface area contributed by atoms with Gasteiger partial charge in [-0.25, -0.2) is 8.42 Å². The minimum absolute atomic E-state index is 0.0563. The molecule has 2 fully saturated rings. The van der Waals surface area contributed by atoms with Gasteiger partial charge in [-0.3, -0.25) is 0 Å². The first-order valence-electron chi connectivity index (χ1n) is 8.21. The maximum atomic E-state index is 12.4. The summed E-state index contributed by atoms with van der Waals surface area (Å²) in [7, 11) is -3.34. The van der Waals surface area contributed by atoms with Crippen LogP contribution in [0.4, 0.5) is 0 Å². The summed E-state index contributed by atoms with van der Waals surface area (Å²) in [6.07, 6.45) is 2.94. The first-order valence-corrected chi connectivity index (χ1v) is 10.1. The van der Waals surface area contributed by atoms with Gasteiger partial charge in [0.25, 0.3) is 0 Å². The molecule has 0 bridgehead atoms. The van der Waals surface area contributed by atoms with Crippen LogP contribution in [0.25, 0.3) is 0 Å². The van der Waals surface area contributed by atoms with Crippen LogP contribution in [0.1, 0.15) is 30.0 Å². The van der Waals surface area contributed by atoms with Gasteiger partial charge in [-0.15, -0.1) is 0 Å². The van der Waals surface area contributed by atoms with Crippen molar-refractivity contribution in [2.75, 3.05) is 6.26 Å². The number of rotatable bonds is 5. The fourth-order valence-electron chi connectivity index (χ4n) is 3.83. The molecular weight excluding hydrogens is 322 g/mol. The summed E-state index contributed by atoms with van der Waals surface area (Å²) in [4.78, 5) is 0. The van der Waals surface area contributed by atoms with Crippen molar-refractivity contribution >= 4 is 10.0 Å². The third kappa shape index (κ3) is 2.57. The monoisotopic (exact) mass is 343 g/mol. The van der Waals surface area contributed by atoms with E-state index in [-0.39, 0.29) is 17.7 Å². The molecule has 0 N–H and O–H groups in total. The molecule has 2 aromatic carbocycles. The summed E-state index contributed by atoms with van der Waals surface area (Å²) in [6.45, 7) is 0.431. The van der Waals surface area contributed by atoms with Crippen molar-refractivity contribution in [3.8, 4) is 0 Å². The molecule has 4 rings (SSSR count). The van der Waals surface area contributed by atoms with E-state index in [9.17, 15) is 8.42 Å². The lowest BCUT2D eigenvalue weighted by atomic mass is 9.80. The van der Waals surface area contributed by atoms with Gasteiger partial charge >= 0.3 is 0 Å². The first-order chi connectivity index (χ1) is 11.5. The Morgan fingerprint density at radius 3 is 2.17 bits per heavy atom. The highest BCUT2D eigenvalue weighted by Gasteiger charge is 2.71. The fraction of sp³-hybridized carbons (Fsp3) is 0.368. The normalized spacial score (nSPS) is 25.4. The second-order valence-corrected chi connectivity index (χ2v) is 8.68. The number of ether oxygens (including phenoxy) is 1. The van der Waals surface area contributed by atoms with Crippen LogP contribution >= 0.6 is 0 Å². The quantitative estimate of drug-likeness (QED) is 0.837. The maximum Gasteiger partial charge on any atom is 0.213 e. The van der Waals surface area contributed by atoms with Crippen LogP contribution in [0.5, 0.6) is 0 Å². The third-order valence-corrected chi connectivity index (χ3v) is 6.27. The highest BCUT2D eigenvalue weighted by molar-refractivity contribution is 7.88. The number of benzene rings is 2. The van der Waals surface area contributed by atoms with Crippen LogP contribution in [-0.4, -0.2) is 25.2 Å². The molecule has 0 unspecified atom stereocenters. The molecule has 1 spiro atoms. The number of hydrogen-bond donors (Lipinski definition) is 0. The summed E-state index contributed by atoms with van der Waals surface area (Å²) in [5.74, 6) is 0. The maximum absolute atomic E-state index is 12.4. The molecule has 5 heteroatoms. The number of hydrogen-bond acceptors (Lipinski definition) is 3. The van der Waals surface area contributed by atoms with E-state index in [0.29, 0.717) is 6.61 Å². The Labute approximate surface area is 143 Å². The Balaban J connectivity index is 1.60. The lowest BCUT2D eigenvalue weighted by Gasteiger charge is -2.54. The molecule has 0 amide bonds. The summed E-state index contributed by atoms with van der Waals surface area (Å²) in [5.41, 5.74) is 2.06. The standard InChI is InChI=1S/C19H21NO3S/c1-24(21,22)20-17(16-10-6-3-7-11-16)19(12-13-19)18(20)23-14-15-8-4-2-5-9-15/h2-11,17-18H,12-14H2,1H3/t17-,18+/m0/s1. The molecule has 1 heterocycles. The van der Waals surface area contributed by atoms with Gasteiger partial charge in [0.15, 0.2) is 0 Å². The second kappa shape index (κ2) is 5.69. The molecule has 1 saturated carbocycles. The van der Waals surface area contributed by atoms with E-state index < -0.39 is 10.0 Å². The third-order valence-electron chi connectivity index (χ3n) is 5.10.